The van der Waals surface area contributed by atoms with Gasteiger partial charge < -0.3 is 49.2 Å². The Balaban J connectivity index is 2.20. The average Bonchev–Trinajstić information content (AvgIpc) is 2.97. The SMILES string of the molecule is CC(=O)N[C@H]1[C@H]([C@H](O)[C@H](O)CO)O[C@](O)(C(=O)OCc2oc(=O)oc2C)C[C@@H]1O. The van der Waals surface area contributed by atoms with Gasteiger partial charge in [0.15, 0.2) is 18.1 Å². The number of hydrogen-bond donors (Lipinski definition) is 6. The second-order valence-electron chi connectivity index (χ2n) is 6.61. The zero-order chi connectivity index (χ0) is 21.9. The zero-order valence-electron chi connectivity index (χ0n) is 15.6. The van der Waals surface area contributed by atoms with E-state index in [2.05, 4.69) is 14.2 Å². The van der Waals surface area contributed by atoms with Crippen LogP contribution in [0.1, 0.15) is 24.9 Å². The summed E-state index contributed by atoms with van der Waals surface area (Å²) in [6, 6.07) is -1.31. The molecule has 0 aromatic carbocycles. The minimum absolute atomic E-state index is 0.0458. The molecule has 1 fully saturated rings. The van der Waals surface area contributed by atoms with Crippen LogP contribution in [0, 0.1) is 6.92 Å². The first-order chi connectivity index (χ1) is 13.5. The van der Waals surface area contributed by atoms with Crippen LogP contribution in [0.15, 0.2) is 13.6 Å². The van der Waals surface area contributed by atoms with Gasteiger partial charge in [-0.05, 0) is 6.92 Å². The van der Waals surface area contributed by atoms with E-state index in [9.17, 15) is 34.8 Å². The topological polar surface area (TPSA) is 209 Å². The van der Waals surface area contributed by atoms with E-state index in [4.69, 9.17) is 14.6 Å². The molecule has 0 spiro atoms. The average molecular weight is 421 g/mol. The predicted octanol–water partition coefficient (Wildman–Crippen LogP) is -3.36. The normalized spacial score (nSPS) is 29.1. The van der Waals surface area contributed by atoms with Gasteiger partial charge in [0.05, 0.1) is 18.8 Å². The Morgan fingerprint density at radius 2 is 2.00 bits per heavy atom. The summed E-state index contributed by atoms with van der Waals surface area (Å²) in [6.07, 6.45) is -7.67. The van der Waals surface area contributed by atoms with E-state index >= 15 is 0 Å². The number of ether oxygens (including phenoxy) is 2. The Labute approximate surface area is 163 Å². The molecular weight excluding hydrogens is 398 g/mol. The van der Waals surface area contributed by atoms with Gasteiger partial charge >= 0.3 is 11.8 Å². The van der Waals surface area contributed by atoms with Gasteiger partial charge in [0.1, 0.15) is 18.3 Å². The fourth-order valence-electron chi connectivity index (χ4n) is 2.88. The first-order valence-electron chi connectivity index (χ1n) is 8.57. The molecule has 1 aromatic rings. The van der Waals surface area contributed by atoms with Crippen LogP contribution < -0.4 is 11.1 Å². The molecule has 1 saturated heterocycles. The molecule has 13 heteroatoms. The number of aliphatic hydroxyl groups excluding tert-OH is 4. The molecule has 164 valence electrons. The second-order valence-corrected chi connectivity index (χ2v) is 6.61. The Morgan fingerprint density at radius 1 is 1.34 bits per heavy atom. The molecule has 1 aromatic heterocycles. The van der Waals surface area contributed by atoms with Gasteiger partial charge in [-0.1, -0.05) is 0 Å². The highest BCUT2D eigenvalue weighted by molar-refractivity contribution is 5.78. The number of amides is 1. The third-order valence-electron chi connectivity index (χ3n) is 4.36. The van der Waals surface area contributed by atoms with Crippen LogP contribution in [0.25, 0.3) is 0 Å². The summed E-state index contributed by atoms with van der Waals surface area (Å²) in [5.74, 6) is -5.87. The summed E-state index contributed by atoms with van der Waals surface area (Å²) in [7, 11) is 0. The molecule has 6 N–H and O–H groups in total. The summed E-state index contributed by atoms with van der Waals surface area (Å²) in [6.45, 7) is 1.00. The molecular formula is C16H23NO12. The highest BCUT2D eigenvalue weighted by Crippen LogP contribution is 2.31. The van der Waals surface area contributed by atoms with E-state index in [0.29, 0.717) is 0 Å². The maximum absolute atomic E-state index is 12.4. The number of aryl methyl sites for hydroxylation is 1. The standard InChI is InChI=1S/C16H23NO12/c1-6-10(28-15(24)27-6)5-26-14(23)16(25)3-8(20)11(17-7(2)19)13(29-16)12(22)9(21)4-18/h8-9,11-13,18,20-22,25H,3-5H2,1-2H3,(H,17,19)/t8-,9+,11+,12+,13+,16-/m0/s1. The predicted molar refractivity (Wildman–Crippen MR) is 88.9 cm³/mol. The van der Waals surface area contributed by atoms with Crippen molar-refractivity contribution in [1.82, 2.24) is 5.32 Å². The summed E-state index contributed by atoms with van der Waals surface area (Å²) in [5, 5.41) is 52.1. The number of hydrogen-bond acceptors (Lipinski definition) is 12. The third kappa shape index (κ3) is 5.20. The van der Waals surface area contributed by atoms with Gasteiger partial charge in [-0.3, -0.25) is 4.79 Å². The molecule has 6 atom stereocenters. The highest BCUT2D eigenvalue weighted by Gasteiger charge is 2.54. The Bertz CT molecular complexity index is 787. The second kappa shape index (κ2) is 9.02. The Morgan fingerprint density at radius 3 is 2.52 bits per heavy atom. The molecule has 0 bridgehead atoms. The van der Waals surface area contributed by atoms with Crippen LogP contribution in [-0.4, -0.2) is 80.3 Å². The first kappa shape index (κ1) is 23.0. The van der Waals surface area contributed by atoms with E-state index in [1.54, 1.807) is 0 Å². The van der Waals surface area contributed by atoms with Gasteiger partial charge in [-0.25, -0.2) is 9.59 Å². The number of aliphatic hydroxyl groups is 5. The number of nitrogens with one attached hydrogen (secondary N) is 1. The first-order valence-corrected chi connectivity index (χ1v) is 8.57. The van der Waals surface area contributed by atoms with Crippen molar-refractivity contribution >= 4 is 11.9 Å². The lowest BCUT2D eigenvalue weighted by molar-refractivity contribution is -0.298. The molecule has 1 aliphatic rings. The van der Waals surface area contributed by atoms with Crippen molar-refractivity contribution in [3.05, 3.63) is 22.1 Å². The molecule has 0 unspecified atom stereocenters. The lowest BCUT2D eigenvalue weighted by Crippen LogP contribution is -2.67. The van der Waals surface area contributed by atoms with Crippen molar-refractivity contribution in [2.45, 2.75) is 63.1 Å². The monoisotopic (exact) mass is 421 g/mol. The van der Waals surface area contributed by atoms with Crippen molar-refractivity contribution in [1.29, 1.82) is 0 Å². The molecule has 1 aliphatic heterocycles. The van der Waals surface area contributed by atoms with E-state index in [-0.39, 0.29) is 11.5 Å². The summed E-state index contributed by atoms with van der Waals surface area (Å²) in [4.78, 5) is 34.7. The number of carbonyl (C=O) groups is 2. The quantitative estimate of drug-likeness (QED) is 0.238. The van der Waals surface area contributed by atoms with Crippen LogP contribution in [0.5, 0.6) is 0 Å². The van der Waals surface area contributed by atoms with Crippen LogP contribution in [0.4, 0.5) is 0 Å². The van der Waals surface area contributed by atoms with Crippen LogP contribution >= 0.6 is 0 Å². The largest absolute Gasteiger partial charge is 0.519 e. The van der Waals surface area contributed by atoms with Gasteiger partial charge in [-0.2, -0.15) is 0 Å². The summed E-state index contributed by atoms with van der Waals surface area (Å²) < 4.78 is 19.3. The van der Waals surface area contributed by atoms with Crippen molar-refractivity contribution in [3.63, 3.8) is 0 Å². The van der Waals surface area contributed by atoms with Gasteiger partial charge in [0, 0.05) is 13.3 Å². The Kier molecular flexibility index (Phi) is 7.15. The highest BCUT2D eigenvalue weighted by atomic mass is 16.7. The van der Waals surface area contributed by atoms with E-state index in [1.165, 1.54) is 6.92 Å². The number of carbonyl (C=O) groups excluding carboxylic acids is 2. The van der Waals surface area contributed by atoms with Gasteiger partial charge in [-0.15, -0.1) is 0 Å². The molecule has 0 radical (unpaired) electrons. The smallest absolute Gasteiger partial charge is 0.453 e. The number of esters is 1. The molecule has 13 nitrogen and oxygen atoms in total. The van der Waals surface area contributed by atoms with Crippen molar-refractivity contribution in [3.8, 4) is 0 Å². The van der Waals surface area contributed by atoms with Crippen LogP contribution in [0.3, 0.4) is 0 Å². The van der Waals surface area contributed by atoms with E-state index < -0.39 is 73.6 Å². The van der Waals surface area contributed by atoms with E-state index in [1.807, 2.05) is 0 Å². The molecule has 2 rings (SSSR count). The summed E-state index contributed by atoms with van der Waals surface area (Å²) >= 11 is 0. The fraction of sp³-hybridized carbons (Fsp3) is 0.688. The lowest BCUT2D eigenvalue weighted by Gasteiger charge is -2.45. The molecule has 0 saturated carbocycles. The molecule has 1 amide bonds. The minimum Gasteiger partial charge on any atom is -0.453 e. The van der Waals surface area contributed by atoms with Crippen LogP contribution in [0.2, 0.25) is 0 Å². The van der Waals surface area contributed by atoms with Crippen molar-refractivity contribution < 1.29 is 53.4 Å². The fourth-order valence-corrected chi connectivity index (χ4v) is 2.88. The maximum Gasteiger partial charge on any atom is 0.519 e. The molecule has 29 heavy (non-hydrogen) atoms. The molecule has 2 heterocycles. The molecule has 0 aliphatic carbocycles. The van der Waals surface area contributed by atoms with Gasteiger partial charge in [0.2, 0.25) is 5.91 Å². The Hall–Kier alpha value is -2.29. The van der Waals surface area contributed by atoms with E-state index in [0.717, 1.165) is 6.92 Å². The third-order valence-corrected chi connectivity index (χ3v) is 4.36. The lowest BCUT2D eigenvalue weighted by atomic mass is 9.88. The minimum atomic E-state index is -2.77. The van der Waals surface area contributed by atoms with Crippen molar-refractivity contribution in [2.24, 2.45) is 0 Å². The number of rotatable bonds is 7. The van der Waals surface area contributed by atoms with Crippen LogP contribution in [-0.2, 0) is 25.7 Å². The zero-order valence-corrected chi connectivity index (χ0v) is 15.6. The summed E-state index contributed by atoms with van der Waals surface area (Å²) in [5.41, 5.74) is 0. The van der Waals surface area contributed by atoms with Gasteiger partial charge in [0.25, 0.3) is 5.79 Å². The van der Waals surface area contributed by atoms with Crippen molar-refractivity contribution in [2.75, 3.05) is 6.61 Å². The maximum atomic E-state index is 12.4.